The molecule has 2 heterocycles. The molecule has 0 saturated heterocycles. The molecule has 1 aliphatic carbocycles. The Labute approximate surface area is 167 Å². The van der Waals surface area contributed by atoms with Crippen molar-refractivity contribution in [3.63, 3.8) is 0 Å². The molecule has 0 spiro atoms. The molecule has 3 aromatic rings. The first-order chi connectivity index (χ1) is 13.6. The lowest BCUT2D eigenvalue weighted by Gasteiger charge is -2.20. The number of rotatable bonds is 6. The van der Waals surface area contributed by atoms with Gasteiger partial charge in [0, 0.05) is 24.2 Å². The van der Waals surface area contributed by atoms with Gasteiger partial charge in [-0.2, -0.15) is 0 Å². The van der Waals surface area contributed by atoms with Crippen molar-refractivity contribution < 1.29 is 9.59 Å². The lowest BCUT2D eigenvalue weighted by molar-refractivity contribution is 0.0968. The van der Waals surface area contributed by atoms with Gasteiger partial charge < -0.3 is 0 Å². The van der Waals surface area contributed by atoms with Crippen molar-refractivity contribution in [1.29, 1.82) is 0 Å². The normalized spacial score (nSPS) is 13.1. The molecule has 0 fully saturated rings. The van der Waals surface area contributed by atoms with E-state index in [9.17, 15) is 9.59 Å². The van der Waals surface area contributed by atoms with Crippen LogP contribution in [0.3, 0.4) is 0 Å². The molecule has 142 valence electrons. The van der Waals surface area contributed by atoms with Gasteiger partial charge in [0.05, 0.1) is 16.6 Å². The minimum Gasteiger partial charge on any atom is -0.287 e. The van der Waals surface area contributed by atoms with Crippen LogP contribution in [-0.2, 0) is 0 Å². The number of aromatic nitrogens is 3. The van der Waals surface area contributed by atoms with E-state index in [1.54, 1.807) is 24.1 Å². The molecule has 0 aliphatic heterocycles. The third-order valence-electron chi connectivity index (χ3n) is 4.51. The van der Waals surface area contributed by atoms with Crippen LogP contribution in [-0.4, -0.2) is 43.9 Å². The Balaban J connectivity index is 1.74. The van der Waals surface area contributed by atoms with Gasteiger partial charge in [-0.15, -0.1) is 0 Å². The number of carbonyl (C=O) groups excluding carboxylic acids is 2. The van der Waals surface area contributed by atoms with E-state index in [0.717, 1.165) is 30.8 Å². The average Bonchev–Trinajstić information content (AvgIpc) is 2.71. The molecule has 28 heavy (non-hydrogen) atoms. The second kappa shape index (κ2) is 7.77. The van der Waals surface area contributed by atoms with Gasteiger partial charge in [0.25, 0.3) is 0 Å². The van der Waals surface area contributed by atoms with Crippen molar-refractivity contribution in [2.45, 2.75) is 31.6 Å². The smallest absolute Gasteiger partial charge is 0.232 e. The third-order valence-corrected chi connectivity index (χ3v) is 5.60. The predicted molar refractivity (Wildman–Crippen MR) is 109 cm³/mol. The lowest BCUT2D eigenvalue weighted by atomic mass is 9.93. The molecule has 0 amide bonds. The fourth-order valence-corrected chi connectivity index (χ4v) is 4.41. The summed E-state index contributed by atoms with van der Waals surface area (Å²) in [5.74, 6) is -0.654. The van der Waals surface area contributed by atoms with Crippen LogP contribution in [0.25, 0.3) is 11.0 Å². The molecule has 0 radical (unpaired) electrons. The maximum atomic E-state index is 12.8. The third kappa shape index (κ3) is 3.31. The number of hydrogen-bond donors (Lipinski definition) is 0. The second-order valence-electron chi connectivity index (χ2n) is 6.65. The molecule has 0 saturated carbocycles. The summed E-state index contributed by atoms with van der Waals surface area (Å²) in [6.07, 6.45) is 3.67. The first-order valence-corrected chi connectivity index (χ1v) is 10.2. The zero-order valence-electron chi connectivity index (χ0n) is 15.8. The van der Waals surface area contributed by atoms with Crippen LogP contribution in [0.15, 0.2) is 41.4 Å². The SMILES string of the molecule is CCCN(CCC)Sc1ccc2nc3c(nc2c1)C(=O)c1ncccc1C3=O. The zero-order valence-corrected chi connectivity index (χ0v) is 16.6. The molecule has 6 nitrogen and oxygen atoms in total. The molecule has 0 atom stereocenters. The number of ketones is 2. The second-order valence-corrected chi connectivity index (χ2v) is 7.82. The Kier molecular flexibility index (Phi) is 5.19. The van der Waals surface area contributed by atoms with Crippen molar-refractivity contribution in [3.8, 4) is 0 Å². The van der Waals surface area contributed by atoms with E-state index in [-0.39, 0.29) is 34.2 Å². The van der Waals surface area contributed by atoms with Crippen molar-refractivity contribution in [1.82, 2.24) is 19.3 Å². The Morgan fingerprint density at radius 1 is 0.893 bits per heavy atom. The van der Waals surface area contributed by atoms with Crippen LogP contribution in [0, 0.1) is 0 Å². The Morgan fingerprint density at radius 2 is 1.61 bits per heavy atom. The molecule has 1 aliphatic rings. The molecular formula is C21H20N4O2S. The van der Waals surface area contributed by atoms with Crippen LogP contribution in [0.1, 0.15) is 58.9 Å². The van der Waals surface area contributed by atoms with E-state index in [1.165, 1.54) is 6.20 Å². The highest BCUT2D eigenvalue weighted by atomic mass is 32.2. The standard InChI is InChI=1S/C21H20N4O2S/c1-3-10-25(11-4-2)28-13-7-8-15-16(12-13)24-19-18(23-15)20(26)14-6-5-9-22-17(14)21(19)27/h5-9,12H,3-4,10-11H2,1-2H3. The monoisotopic (exact) mass is 392 g/mol. The van der Waals surface area contributed by atoms with Gasteiger partial charge in [-0.05, 0) is 55.1 Å². The topological polar surface area (TPSA) is 76.1 Å². The zero-order chi connectivity index (χ0) is 19.7. The van der Waals surface area contributed by atoms with Crippen molar-refractivity contribution in [2.75, 3.05) is 13.1 Å². The van der Waals surface area contributed by atoms with Gasteiger partial charge in [0.15, 0.2) is 0 Å². The van der Waals surface area contributed by atoms with Crippen LogP contribution >= 0.6 is 11.9 Å². The molecule has 0 unspecified atom stereocenters. The van der Waals surface area contributed by atoms with E-state index in [0.29, 0.717) is 11.0 Å². The number of pyridine rings is 1. The molecule has 0 bridgehead atoms. The number of nitrogens with zero attached hydrogens (tertiary/aromatic N) is 4. The molecule has 1 aromatic carbocycles. The van der Waals surface area contributed by atoms with E-state index >= 15 is 0 Å². The molecule has 0 N–H and O–H groups in total. The summed E-state index contributed by atoms with van der Waals surface area (Å²) in [6, 6.07) is 9.02. The summed E-state index contributed by atoms with van der Waals surface area (Å²) in [6.45, 7) is 6.33. The summed E-state index contributed by atoms with van der Waals surface area (Å²) in [5.41, 5.74) is 1.85. The Hall–Kier alpha value is -2.64. The van der Waals surface area contributed by atoms with Crippen molar-refractivity contribution in [2.24, 2.45) is 0 Å². The minimum atomic E-state index is -0.351. The van der Waals surface area contributed by atoms with Crippen LogP contribution in [0.5, 0.6) is 0 Å². The van der Waals surface area contributed by atoms with Gasteiger partial charge in [0.2, 0.25) is 11.6 Å². The number of carbonyl (C=O) groups is 2. The van der Waals surface area contributed by atoms with E-state index in [2.05, 4.69) is 33.1 Å². The summed E-state index contributed by atoms with van der Waals surface area (Å²) >= 11 is 1.68. The summed E-state index contributed by atoms with van der Waals surface area (Å²) in [7, 11) is 0. The Morgan fingerprint density at radius 3 is 2.36 bits per heavy atom. The predicted octanol–water partition coefficient (Wildman–Crippen LogP) is 3.93. The lowest BCUT2D eigenvalue weighted by Crippen LogP contribution is -2.25. The van der Waals surface area contributed by atoms with Crippen molar-refractivity contribution >= 4 is 34.5 Å². The molecule has 7 heteroatoms. The summed E-state index contributed by atoms with van der Waals surface area (Å²) in [4.78, 5) is 39.6. The molecular weight excluding hydrogens is 372 g/mol. The van der Waals surface area contributed by atoms with Crippen LogP contribution < -0.4 is 0 Å². The maximum absolute atomic E-state index is 12.8. The van der Waals surface area contributed by atoms with Crippen LogP contribution in [0.4, 0.5) is 0 Å². The van der Waals surface area contributed by atoms with Gasteiger partial charge in [-0.3, -0.25) is 14.6 Å². The molecule has 4 rings (SSSR count). The highest BCUT2D eigenvalue weighted by Gasteiger charge is 2.33. The van der Waals surface area contributed by atoms with Gasteiger partial charge in [-0.1, -0.05) is 13.8 Å². The highest BCUT2D eigenvalue weighted by molar-refractivity contribution is 7.97. The first kappa shape index (κ1) is 18.7. The number of hydrogen-bond acceptors (Lipinski definition) is 7. The fourth-order valence-electron chi connectivity index (χ4n) is 3.27. The van der Waals surface area contributed by atoms with Crippen molar-refractivity contribution in [3.05, 3.63) is 59.2 Å². The highest BCUT2D eigenvalue weighted by Crippen LogP contribution is 2.29. The summed E-state index contributed by atoms with van der Waals surface area (Å²) in [5, 5.41) is 0. The van der Waals surface area contributed by atoms with Gasteiger partial charge >= 0.3 is 0 Å². The molecule has 2 aromatic heterocycles. The largest absolute Gasteiger partial charge is 0.287 e. The van der Waals surface area contributed by atoms with E-state index in [1.807, 2.05) is 18.2 Å². The quantitative estimate of drug-likeness (QED) is 0.460. The van der Waals surface area contributed by atoms with E-state index < -0.39 is 0 Å². The van der Waals surface area contributed by atoms with Gasteiger partial charge in [0.1, 0.15) is 17.1 Å². The number of benzene rings is 1. The Bertz CT molecular complexity index is 1080. The van der Waals surface area contributed by atoms with E-state index in [4.69, 9.17) is 0 Å². The number of fused-ring (bicyclic) bond motifs is 3. The van der Waals surface area contributed by atoms with Crippen LogP contribution in [0.2, 0.25) is 0 Å². The minimum absolute atomic E-state index is 0.0878. The maximum Gasteiger partial charge on any atom is 0.232 e. The first-order valence-electron chi connectivity index (χ1n) is 9.41. The fraction of sp³-hybridized carbons (Fsp3) is 0.286. The van der Waals surface area contributed by atoms with Gasteiger partial charge in [-0.25, -0.2) is 14.3 Å². The summed E-state index contributed by atoms with van der Waals surface area (Å²) < 4.78 is 2.32. The average molecular weight is 392 g/mol.